The van der Waals surface area contributed by atoms with E-state index in [2.05, 4.69) is 9.97 Å². The molecule has 0 radical (unpaired) electrons. The summed E-state index contributed by atoms with van der Waals surface area (Å²) in [5.41, 5.74) is 0.395. The van der Waals surface area contributed by atoms with Crippen molar-refractivity contribution in [2.24, 2.45) is 0 Å². The van der Waals surface area contributed by atoms with Crippen LogP contribution in [0.15, 0.2) is 16.2 Å². The molecule has 3 rings (SSSR count). The van der Waals surface area contributed by atoms with E-state index in [9.17, 15) is 14.7 Å². The van der Waals surface area contributed by atoms with Crippen molar-refractivity contribution in [2.45, 2.75) is 25.1 Å². The normalized spacial score (nSPS) is 23.4. The fraction of sp³-hybridized carbons (Fsp3) is 0.417. The number of hydrogen-bond acceptors (Lipinski definition) is 6. The van der Waals surface area contributed by atoms with Gasteiger partial charge in [-0.15, -0.1) is 11.3 Å². The van der Waals surface area contributed by atoms with Gasteiger partial charge in [-0.1, -0.05) is 0 Å². The second-order valence-corrected chi connectivity index (χ2v) is 5.74. The van der Waals surface area contributed by atoms with E-state index in [1.54, 1.807) is 16.3 Å². The molecule has 0 spiro atoms. The van der Waals surface area contributed by atoms with Crippen LogP contribution in [-0.2, 0) is 11.3 Å². The third-order valence-electron chi connectivity index (χ3n) is 3.38. The van der Waals surface area contributed by atoms with E-state index in [0.717, 1.165) is 0 Å². The Kier molecular flexibility index (Phi) is 3.28. The lowest BCUT2D eigenvalue weighted by atomic mass is 10.2. The smallest absolute Gasteiger partial charge is 0.321 e. The van der Waals surface area contributed by atoms with Crippen LogP contribution in [0.1, 0.15) is 12.2 Å². The van der Waals surface area contributed by atoms with Gasteiger partial charge < -0.3 is 15.2 Å². The van der Waals surface area contributed by atoms with Crippen LogP contribution < -0.4 is 5.56 Å². The highest BCUT2D eigenvalue weighted by atomic mass is 32.1. The molecular weight excluding hydrogens is 282 g/mol. The molecule has 2 aromatic heterocycles. The van der Waals surface area contributed by atoms with E-state index in [0.29, 0.717) is 16.0 Å². The molecule has 2 atom stereocenters. The summed E-state index contributed by atoms with van der Waals surface area (Å²) in [7, 11) is 0. The predicted octanol–water partition coefficient (Wildman–Crippen LogP) is 0.00440. The van der Waals surface area contributed by atoms with Gasteiger partial charge in [-0.2, -0.15) is 0 Å². The van der Waals surface area contributed by atoms with Crippen molar-refractivity contribution in [1.29, 1.82) is 0 Å². The molecule has 1 aliphatic heterocycles. The van der Waals surface area contributed by atoms with Crippen molar-refractivity contribution in [3.8, 4) is 0 Å². The van der Waals surface area contributed by atoms with Gasteiger partial charge in [0, 0.05) is 13.0 Å². The zero-order valence-electron chi connectivity index (χ0n) is 10.4. The average Bonchev–Trinajstić information content (AvgIpc) is 2.96. The van der Waals surface area contributed by atoms with Gasteiger partial charge in [-0.05, 0) is 11.4 Å². The molecule has 2 unspecified atom stereocenters. The summed E-state index contributed by atoms with van der Waals surface area (Å²) in [4.78, 5) is 31.6. The minimum Gasteiger partial charge on any atom is -0.480 e. The van der Waals surface area contributed by atoms with Crippen LogP contribution in [0.2, 0.25) is 0 Å². The highest BCUT2D eigenvalue weighted by Crippen LogP contribution is 2.20. The Morgan fingerprint density at radius 1 is 1.60 bits per heavy atom. The molecule has 0 amide bonds. The highest BCUT2D eigenvalue weighted by molar-refractivity contribution is 7.17. The third-order valence-corrected chi connectivity index (χ3v) is 4.29. The number of carboxylic acids is 1. The summed E-state index contributed by atoms with van der Waals surface area (Å²) < 4.78 is 0.560. The lowest BCUT2D eigenvalue weighted by molar-refractivity contribution is -0.142. The Balaban J connectivity index is 1.88. The number of nitrogens with one attached hydrogen (secondary N) is 1. The van der Waals surface area contributed by atoms with Crippen molar-refractivity contribution >= 4 is 27.5 Å². The van der Waals surface area contributed by atoms with E-state index < -0.39 is 18.1 Å². The van der Waals surface area contributed by atoms with Gasteiger partial charge in [-0.25, -0.2) is 4.98 Å². The van der Waals surface area contributed by atoms with E-state index in [1.807, 2.05) is 0 Å². The van der Waals surface area contributed by atoms with Crippen LogP contribution >= 0.6 is 11.3 Å². The van der Waals surface area contributed by atoms with Crippen LogP contribution in [0.25, 0.3) is 10.2 Å². The molecule has 20 heavy (non-hydrogen) atoms. The van der Waals surface area contributed by atoms with Gasteiger partial charge >= 0.3 is 5.97 Å². The van der Waals surface area contributed by atoms with E-state index in [4.69, 9.17) is 5.11 Å². The maximum Gasteiger partial charge on any atom is 0.321 e. The molecule has 1 fully saturated rings. The zero-order valence-corrected chi connectivity index (χ0v) is 11.3. The number of β-amino-alcohol motifs (C(OH)–C–C–N with tert-alkyl or cyclic N) is 1. The van der Waals surface area contributed by atoms with Crippen molar-refractivity contribution in [2.75, 3.05) is 6.54 Å². The molecule has 1 aliphatic rings. The number of aromatic nitrogens is 2. The van der Waals surface area contributed by atoms with Gasteiger partial charge in [0.15, 0.2) is 0 Å². The standard InChI is InChI=1S/C12H13N3O4S/c16-6-3-8(12(18)19)15(4-6)5-9-13-7-1-2-20-10(7)11(17)14-9/h1-2,6,8,16H,3-5H2,(H,18,19)(H,13,14,17). The van der Waals surface area contributed by atoms with Crippen LogP contribution in [0.5, 0.6) is 0 Å². The first-order valence-electron chi connectivity index (χ1n) is 6.16. The van der Waals surface area contributed by atoms with Gasteiger partial charge in [0.2, 0.25) is 0 Å². The topological polar surface area (TPSA) is 107 Å². The molecule has 0 bridgehead atoms. The number of aliphatic hydroxyl groups is 1. The Morgan fingerprint density at radius 3 is 3.15 bits per heavy atom. The highest BCUT2D eigenvalue weighted by Gasteiger charge is 2.36. The minimum absolute atomic E-state index is 0.195. The molecule has 7 nitrogen and oxygen atoms in total. The van der Waals surface area contributed by atoms with Gasteiger partial charge in [0.05, 0.1) is 18.2 Å². The molecule has 2 aromatic rings. The molecule has 0 saturated carbocycles. The average molecular weight is 295 g/mol. The number of thiophene rings is 1. The molecule has 1 saturated heterocycles. The Hall–Kier alpha value is -1.77. The van der Waals surface area contributed by atoms with Crippen molar-refractivity contribution in [1.82, 2.24) is 14.9 Å². The van der Waals surface area contributed by atoms with E-state index in [1.165, 1.54) is 11.3 Å². The molecular formula is C12H13N3O4S. The summed E-state index contributed by atoms with van der Waals surface area (Å²) in [5, 5.41) is 20.5. The summed E-state index contributed by atoms with van der Waals surface area (Å²) >= 11 is 1.32. The number of nitrogens with zero attached hydrogens (tertiary/aromatic N) is 2. The second-order valence-electron chi connectivity index (χ2n) is 4.82. The number of aromatic amines is 1. The van der Waals surface area contributed by atoms with Crippen LogP contribution in [0.4, 0.5) is 0 Å². The maximum absolute atomic E-state index is 11.8. The first-order chi connectivity index (χ1) is 9.54. The number of aliphatic hydroxyl groups excluding tert-OH is 1. The van der Waals surface area contributed by atoms with Gasteiger partial charge in [0.1, 0.15) is 16.6 Å². The third kappa shape index (κ3) is 2.33. The Morgan fingerprint density at radius 2 is 2.40 bits per heavy atom. The van der Waals surface area contributed by atoms with Crippen molar-refractivity contribution in [3.05, 3.63) is 27.6 Å². The summed E-state index contributed by atoms with van der Waals surface area (Å²) in [6.07, 6.45) is -0.465. The first kappa shape index (κ1) is 13.2. The predicted molar refractivity (Wildman–Crippen MR) is 72.7 cm³/mol. The molecule has 3 heterocycles. The minimum atomic E-state index is -0.972. The zero-order chi connectivity index (χ0) is 14.3. The lowest BCUT2D eigenvalue weighted by Gasteiger charge is -2.19. The quantitative estimate of drug-likeness (QED) is 0.736. The molecule has 0 aliphatic carbocycles. The SMILES string of the molecule is O=C(O)C1CC(O)CN1Cc1nc2ccsc2c(=O)[nH]1. The number of carbonyl (C=O) groups is 1. The fourth-order valence-corrected chi connectivity index (χ4v) is 3.23. The van der Waals surface area contributed by atoms with Crippen molar-refractivity contribution in [3.63, 3.8) is 0 Å². The monoisotopic (exact) mass is 295 g/mol. The van der Waals surface area contributed by atoms with Gasteiger partial charge in [0.25, 0.3) is 5.56 Å². The van der Waals surface area contributed by atoms with E-state index in [-0.39, 0.29) is 25.1 Å². The Bertz CT molecular complexity index is 710. The largest absolute Gasteiger partial charge is 0.480 e. The van der Waals surface area contributed by atoms with Crippen LogP contribution in [-0.4, -0.2) is 49.7 Å². The number of aliphatic carboxylic acids is 1. The fourth-order valence-electron chi connectivity index (χ4n) is 2.50. The first-order valence-corrected chi connectivity index (χ1v) is 7.04. The number of rotatable bonds is 3. The Labute approximate surface area is 117 Å². The van der Waals surface area contributed by atoms with Crippen LogP contribution in [0, 0.1) is 0 Å². The number of H-pyrrole nitrogens is 1. The molecule has 0 aromatic carbocycles. The number of likely N-dealkylation sites (tertiary alicyclic amines) is 1. The van der Waals surface area contributed by atoms with E-state index >= 15 is 0 Å². The molecule has 3 N–H and O–H groups in total. The number of carboxylic acid groups (broad SMARTS) is 1. The number of hydrogen-bond donors (Lipinski definition) is 3. The van der Waals surface area contributed by atoms with Gasteiger partial charge in [-0.3, -0.25) is 14.5 Å². The second kappa shape index (κ2) is 4.97. The lowest BCUT2D eigenvalue weighted by Crippen LogP contribution is -2.36. The maximum atomic E-state index is 11.8. The molecule has 8 heteroatoms. The summed E-state index contributed by atoms with van der Waals surface area (Å²) in [6.45, 7) is 0.470. The number of fused-ring (bicyclic) bond motifs is 1. The van der Waals surface area contributed by atoms with Crippen LogP contribution in [0.3, 0.4) is 0 Å². The molecule has 106 valence electrons. The summed E-state index contributed by atoms with van der Waals surface area (Å²) in [5.74, 6) is -0.554. The van der Waals surface area contributed by atoms with Crippen molar-refractivity contribution < 1.29 is 15.0 Å². The summed E-state index contributed by atoms with van der Waals surface area (Å²) in [6, 6.07) is 1.01.